The Balaban J connectivity index is 1.47. The molecule has 6 heteroatoms. The zero-order valence-corrected chi connectivity index (χ0v) is 18.9. The number of nitrogens with two attached hydrogens (primary N) is 1. The Kier molecular flexibility index (Phi) is 5.80. The Morgan fingerprint density at radius 2 is 1.75 bits per heavy atom. The van der Waals surface area contributed by atoms with Crippen LogP contribution in [-0.2, 0) is 21.5 Å². The van der Waals surface area contributed by atoms with Gasteiger partial charge in [0.15, 0.2) is 5.96 Å². The van der Waals surface area contributed by atoms with Crippen LogP contribution in [0, 0.1) is 17.8 Å². The van der Waals surface area contributed by atoms with Crippen LogP contribution in [-0.4, -0.2) is 36.7 Å². The highest BCUT2D eigenvalue weighted by atomic mass is 16.5. The van der Waals surface area contributed by atoms with Crippen LogP contribution in [0.15, 0.2) is 47.5 Å². The summed E-state index contributed by atoms with van der Waals surface area (Å²) < 4.78 is 7.25. The van der Waals surface area contributed by atoms with Crippen LogP contribution in [0.2, 0.25) is 0 Å². The minimum atomic E-state index is -0.230. The van der Waals surface area contributed by atoms with E-state index in [2.05, 4.69) is 51.3 Å². The number of carbonyl (C=O) groups excluding carboxylic acids is 1. The summed E-state index contributed by atoms with van der Waals surface area (Å²) in [4.78, 5) is 17.1. The average Bonchev–Trinajstić information content (AvgIpc) is 3.18. The van der Waals surface area contributed by atoms with Crippen molar-refractivity contribution >= 4 is 11.9 Å². The SMILES string of the molecule is COCCN/C(N)=N\C(=O)Cn1c(-c2ccccc2)ccc1C12CC3CC(CC(C3)C1)C2. The maximum atomic E-state index is 13.0. The molecule has 0 spiro atoms. The normalized spacial score (nSPS) is 28.8. The number of ether oxygens (including phenoxy) is 1. The third-order valence-electron chi connectivity index (χ3n) is 7.78. The Morgan fingerprint density at radius 1 is 1.09 bits per heavy atom. The largest absolute Gasteiger partial charge is 0.383 e. The number of benzene rings is 1. The molecule has 0 aliphatic heterocycles. The zero-order valence-electron chi connectivity index (χ0n) is 18.9. The number of nitrogens with one attached hydrogen (secondary N) is 1. The average molecular weight is 435 g/mol. The highest BCUT2D eigenvalue weighted by Crippen LogP contribution is 2.61. The lowest BCUT2D eigenvalue weighted by Gasteiger charge is -2.57. The van der Waals surface area contributed by atoms with Gasteiger partial charge >= 0.3 is 0 Å². The predicted molar refractivity (Wildman–Crippen MR) is 126 cm³/mol. The van der Waals surface area contributed by atoms with E-state index >= 15 is 0 Å². The van der Waals surface area contributed by atoms with Crippen molar-refractivity contribution in [1.82, 2.24) is 9.88 Å². The van der Waals surface area contributed by atoms with E-state index in [4.69, 9.17) is 10.5 Å². The molecule has 6 rings (SSSR count). The van der Waals surface area contributed by atoms with Crippen molar-refractivity contribution in [2.75, 3.05) is 20.3 Å². The number of aromatic nitrogens is 1. The Morgan fingerprint density at radius 3 is 2.38 bits per heavy atom. The number of rotatable bonds is 7. The van der Waals surface area contributed by atoms with Crippen LogP contribution in [0.1, 0.15) is 44.2 Å². The molecule has 4 fully saturated rings. The molecule has 1 aromatic heterocycles. The minimum Gasteiger partial charge on any atom is -0.383 e. The molecular weight excluding hydrogens is 400 g/mol. The number of carbonyl (C=O) groups is 1. The summed E-state index contributed by atoms with van der Waals surface area (Å²) in [5.74, 6) is 2.46. The van der Waals surface area contributed by atoms with Crippen LogP contribution in [0.25, 0.3) is 11.3 Å². The predicted octanol–water partition coefficient (Wildman–Crippen LogP) is 3.70. The van der Waals surface area contributed by atoms with E-state index in [9.17, 15) is 4.79 Å². The van der Waals surface area contributed by atoms with Gasteiger partial charge in [-0.3, -0.25) is 4.79 Å². The van der Waals surface area contributed by atoms with E-state index in [1.807, 2.05) is 6.07 Å². The molecule has 6 nitrogen and oxygen atoms in total. The van der Waals surface area contributed by atoms with E-state index < -0.39 is 0 Å². The van der Waals surface area contributed by atoms with Gasteiger partial charge in [0, 0.05) is 30.5 Å². The van der Waals surface area contributed by atoms with Gasteiger partial charge in [-0.1, -0.05) is 30.3 Å². The van der Waals surface area contributed by atoms with Crippen molar-refractivity contribution < 1.29 is 9.53 Å². The van der Waals surface area contributed by atoms with Crippen LogP contribution >= 0.6 is 0 Å². The number of amides is 1. The van der Waals surface area contributed by atoms with E-state index in [0.29, 0.717) is 13.2 Å². The van der Waals surface area contributed by atoms with E-state index in [1.165, 1.54) is 44.2 Å². The third-order valence-corrected chi connectivity index (χ3v) is 7.78. The molecule has 0 radical (unpaired) electrons. The van der Waals surface area contributed by atoms with Crippen molar-refractivity contribution in [1.29, 1.82) is 0 Å². The number of methoxy groups -OCH3 is 1. The molecule has 4 aliphatic carbocycles. The van der Waals surface area contributed by atoms with E-state index in [1.54, 1.807) is 7.11 Å². The summed E-state index contributed by atoms with van der Waals surface area (Å²) in [5, 5.41) is 2.94. The number of nitrogens with zero attached hydrogens (tertiary/aromatic N) is 2. The van der Waals surface area contributed by atoms with Crippen molar-refractivity contribution in [3.8, 4) is 11.3 Å². The smallest absolute Gasteiger partial charge is 0.268 e. The molecule has 32 heavy (non-hydrogen) atoms. The summed E-state index contributed by atoms with van der Waals surface area (Å²) >= 11 is 0. The van der Waals surface area contributed by atoms with Crippen molar-refractivity contribution in [2.24, 2.45) is 28.5 Å². The van der Waals surface area contributed by atoms with Gasteiger partial charge in [0.25, 0.3) is 5.91 Å². The first-order valence-corrected chi connectivity index (χ1v) is 11.9. The van der Waals surface area contributed by atoms with Crippen molar-refractivity contribution in [3.05, 3.63) is 48.2 Å². The first-order chi connectivity index (χ1) is 15.6. The Hall–Kier alpha value is -2.60. The van der Waals surface area contributed by atoms with Crippen molar-refractivity contribution in [2.45, 2.75) is 50.5 Å². The topological polar surface area (TPSA) is 81.6 Å². The molecule has 3 N–H and O–H groups in total. The van der Waals surface area contributed by atoms with E-state index in [0.717, 1.165) is 29.0 Å². The van der Waals surface area contributed by atoms with Gasteiger partial charge in [-0.2, -0.15) is 4.99 Å². The molecule has 2 aromatic rings. The van der Waals surface area contributed by atoms with Crippen LogP contribution in [0.5, 0.6) is 0 Å². The summed E-state index contributed by atoms with van der Waals surface area (Å²) in [7, 11) is 1.63. The summed E-state index contributed by atoms with van der Waals surface area (Å²) in [6.07, 6.45) is 7.98. The quantitative estimate of drug-likeness (QED) is 0.396. The van der Waals surface area contributed by atoms with Gasteiger partial charge in [-0.25, -0.2) is 0 Å². The lowest BCUT2D eigenvalue weighted by Crippen LogP contribution is -2.49. The fraction of sp³-hybridized carbons (Fsp3) is 0.538. The van der Waals surface area contributed by atoms with Gasteiger partial charge in [-0.05, 0) is 74.0 Å². The maximum absolute atomic E-state index is 13.0. The third kappa shape index (κ3) is 4.08. The summed E-state index contributed by atoms with van der Waals surface area (Å²) in [6.45, 7) is 1.24. The van der Waals surface area contributed by atoms with Crippen molar-refractivity contribution in [3.63, 3.8) is 0 Å². The first kappa shape index (κ1) is 21.3. The van der Waals surface area contributed by atoms with Gasteiger partial charge in [0.05, 0.1) is 6.61 Å². The molecule has 4 bridgehead atoms. The fourth-order valence-corrected chi connectivity index (χ4v) is 7.01. The van der Waals surface area contributed by atoms with Gasteiger partial charge in [0.1, 0.15) is 6.54 Å². The molecule has 4 saturated carbocycles. The molecule has 1 heterocycles. The standard InChI is InChI=1S/C26H34N4O2/c1-32-10-9-28-25(27)29-24(31)17-30-22(21-5-3-2-4-6-21)7-8-23(30)26-14-18-11-19(15-26)13-20(12-18)16-26/h2-8,18-20H,9-17H2,1H3,(H3,27,28,29,31). The second-order valence-corrected chi connectivity index (χ2v) is 10.1. The molecule has 0 unspecified atom stereocenters. The molecule has 0 atom stereocenters. The monoisotopic (exact) mass is 434 g/mol. The van der Waals surface area contributed by atoms with Crippen LogP contribution in [0.4, 0.5) is 0 Å². The highest BCUT2D eigenvalue weighted by Gasteiger charge is 2.52. The fourth-order valence-electron chi connectivity index (χ4n) is 7.01. The van der Waals surface area contributed by atoms with Gasteiger partial charge < -0.3 is 20.4 Å². The summed E-state index contributed by atoms with van der Waals surface area (Å²) in [5.41, 5.74) is 9.68. The molecule has 1 amide bonds. The first-order valence-electron chi connectivity index (χ1n) is 11.9. The number of guanidine groups is 1. The minimum absolute atomic E-state index is 0.150. The Bertz CT molecular complexity index is 959. The van der Waals surface area contributed by atoms with Gasteiger partial charge in [-0.15, -0.1) is 0 Å². The maximum Gasteiger partial charge on any atom is 0.268 e. The molecule has 170 valence electrons. The lowest BCUT2D eigenvalue weighted by atomic mass is 9.49. The number of hydrogen-bond donors (Lipinski definition) is 2. The highest BCUT2D eigenvalue weighted by molar-refractivity contribution is 5.92. The number of aliphatic imine (C=N–C) groups is 1. The van der Waals surface area contributed by atoms with Gasteiger partial charge in [0.2, 0.25) is 0 Å². The second kappa shape index (κ2) is 8.74. The lowest BCUT2D eigenvalue weighted by molar-refractivity contribution is -0.118. The number of hydrogen-bond acceptors (Lipinski definition) is 2. The van der Waals surface area contributed by atoms with Crippen LogP contribution in [0.3, 0.4) is 0 Å². The van der Waals surface area contributed by atoms with Crippen LogP contribution < -0.4 is 11.1 Å². The molecular formula is C26H34N4O2. The molecule has 4 aliphatic rings. The second-order valence-electron chi connectivity index (χ2n) is 10.1. The Labute approximate surface area is 190 Å². The zero-order chi connectivity index (χ0) is 22.1. The molecule has 1 aromatic carbocycles. The molecule has 0 saturated heterocycles. The van der Waals surface area contributed by atoms with E-state index in [-0.39, 0.29) is 23.8 Å². The summed E-state index contributed by atoms with van der Waals surface area (Å²) in [6, 6.07) is 14.8.